The van der Waals surface area contributed by atoms with E-state index in [2.05, 4.69) is 16.4 Å². The van der Waals surface area contributed by atoms with Gasteiger partial charge in [0, 0.05) is 23.2 Å². The summed E-state index contributed by atoms with van der Waals surface area (Å²) in [6, 6.07) is 21.2. The van der Waals surface area contributed by atoms with Gasteiger partial charge in [0.15, 0.2) is 0 Å². The highest BCUT2D eigenvalue weighted by molar-refractivity contribution is 7.09. The first-order valence-electron chi connectivity index (χ1n) is 12.8. The summed E-state index contributed by atoms with van der Waals surface area (Å²) in [5.74, 6) is 0.0551. The Kier molecular flexibility index (Phi) is 8.00. The Balaban J connectivity index is 1.27. The summed E-state index contributed by atoms with van der Waals surface area (Å²) >= 11 is 7.64. The van der Waals surface area contributed by atoms with Crippen molar-refractivity contribution in [1.82, 2.24) is 10.3 Å². The molecule has 0 spiro atoms. The van der Waals surface area contributed by atoms with Gasteiger partial charge in [-0.05, 0) is 65.9 Å². The van der Waals surface area contributed by atoms with Gasteiger partial charge in [0.05, 0.1) is 23.7 Å². The number of thiazole rings is 1. The summed E-state index contributed by atoms with van der Waals surface area (Å²) in [4.78, 5) is 30.8. The fourth-order valence-corrected chi connectivity index (χ4v) is 5.61. The lowest BCUT2D eigenvalue weighted by Crippen LogP contribution is -2.56. The van der Waals surface area contributed by atoms with E-state index in [-0.39, 0.29) is 18.9 Å². The number of halogens is 1. The lowest BCUT2D eigenvalue weighted by atomic mass is 9.95. The Labute approximate surface area is 237 Å². The number of hydrogen-bond acceptors (Lipinski definition) is 6. The zero-order valence-corrected chi connectivity index (χ0v) is 23.4. The van der Waals surface area contributed by atoms with Crippen LogP contribution < -0.4 is 10.1 Å². The molecule has 1 unspecified atom stereocenters. The smallest absolute Gasteiger partial charge is 0.332 e. The molecular weight excluding hydrogens is 532 g/mol. The average molecular weight is 561 g/mol. The van der Waals surface area contributed by atoms with Crippen LogP contribution in [0, 0.1) is 6.92 Å². The molecule has 1 aliphatic rings. The van der Waals surface area contributed by atoms with Gasteiger partial charge in [-0.25, -0.2) is 9.78 Å². The molecule has 4 aromatic rings. The molecule has 0 saturated carbocycles. The van der Waals surface area contributed by atoms with E-state index in [1.54, 1.807) is 18.3 Å². The van der Waals surface area contributed by atoms with Gasteiger partial charge in [0.1, 0.15) is 17.9 Å². The van der Waals surface area contributed by atoms with E-state index in [4.69, 9.17) is 21.1 Å². The number of benzene rings is 3. The third-order valence-corrected chi connectivity index (χ3v) is 7.83. The Bertz CT molecular complexity index is 1480. The summed E-state index contributed by atoms with van der Waals surface area (Å²) < 4.78 is 11.2. The van der Waals surface area contributed by atoms with Gasteiger partial charge in [-0.15, -0.1) is 11.3 Å². The van der Waals surface area contributed by atoms with E-state index in [0.29, 0.717) is 30.2 Å². The van der Waals surface area contributed by atoms with Gasteiger partial charge >= 0.3 is 5.97 Å². The Morgan fingerprint density at radius 3 is 2.41 bits per heavy atom. The maximum Gasteiger partial charge on any atom is 0.332 e. The molecule has 3 aromatic carbocycles. The van der Waals surface area contributed by atoms with Crippen LogP contribution in [-0.4, -0.2) is 29.0 Å². The number of esters is 1. The zero-order chi connectivity index (χ0) is 27.4. The Hall–Kier alpha value is -3.68. The van der Waals surface area contributed by atoms with Gasteiger partial charge in [0.2, 0.25) is 5.91 Å². The molecule has 0 bridgehead atoms. The molecule has 1 N–H and O–H groups in total. The molecule has 1 aliphatic carbocycles. The van der Waals surface area contributed by atoms with Crippen molar-refractivity contribution in [3.8, 4) is 16.9 Å². The highest BCUT2D eigenvalue weighted by Gasteiger charge is 2.46. The summed E-state index contributed by atoms with van der Waals surface area (Å²) in [5.41, 5.74) is 4.69. The number of carbonyl (C=O) groups excluding carboxylic acids is 2. The number of nitrogens with one attached hydrogen (secondary N) is 1. The number of fused-ring (bicyclic) bond motifs is 1. The van der Waals surface area contributed by atoms with Crippen LogP contribution in [0.1, 0.15) is 34.3 Å². The Morgan fingerprint density at radius 2 is 1.72 bits per heavy atom. The van der Waals surface area contributed by atoms with Crippen molar-refractivity contribution in [2.45, 2.75) is 45.3 Å². The first-order valence-corrected chi connectivity index (χ1v) is 14.1. The molecule has 0 radical (unpaired) electrons. The first kappa shape index (κ1) is 26.9. The largest absolute Gasteiger partial charge is 0.487 e. The Morgan fingerprint density at radius 1 is 1.00 bits per heavy atom. The molecule has 1 aromatic heterocycles. The van der Waals surface area contributed by atoms with Gasteiger partial charge in [-0.2, -0.15) is 0 Å². The minimum absolute atomic E-state index is 0.138. The minimum atomic E-state index is -1.14. The third-order valence-electron chi connectivity index (χ3n) is 6.75. The molecule has 6 nitrogen and oxygen atoms in total. The van der Waals surface area contributed by atoms with E-state index in [1.807, 2.05) is 73.0 Å². The van der Waals surface area contributed by atoms with Crippen LogP contribution in [0.5, 0.6) is 5.75 Å². The maximum atomic E-state index is 13.2. The lowest BCUT2D eigenvalue weighted by molar-refractivity contribution is -0.153. The van der Waals surface area contributed by atoms with E-state index in [9.17, 15) is 9.59 Å². The molecule has 0 fully saturated rings. The molecule has 8 heteroatoms. The molecular formula is C31H29ClN2O4S. The summed E-state index contributed by atoms with van der Waals surface area (Å²) in [6.45, 7) is 4.37. The monoisotopic (exact) mass is 560 g/mol. The normalized spacial score (nSPS) is 16.0. The molecule has 1 atom stereocenters. The maximum absolute atomic E-state index is 13.2. The predicted molar refractivity (Wildman–Crippen MR) is 153 cm³/mol. The zero-order valence-electron chi connectivity index (χ0n) is 21.8. The molecule has 5 rings (SSSR count). The van der Waals surface area contributed by atoms with Crippen LogP contribution in [0.4, 0.5) is 0 Å². The number of rotatable bonds is 9. The molecule has 1 amide bonds. The van der Waals surface area contributed by atoms with Gasteiger partial charge in [-0.1, -0.05) is 54.1 Å². The number of hydrogen-bond donors (Lipinski definition) is 1. The van der Waals surface area contributed by atoms with Crippen molar-refractivity contribution in [2.75, 3.05) is 6.61 Å². The predicted octanol–water partition coefficient (Wildman–Crippen LogP) is 6.11. The average Bonchev–Trinajstić information content (AvgIpc) is 3.51. The minimum Gasteiger partial charge on any atom is -0.487 e. The van der Waals surface area contributed by atoms with Gasteiger partial charge < -0.3 is 14.8 Å². The lowest BCUT2D eigenvalue weighted by Gasteiger charge is -2.28. The van der Waals surface area contributed by atoms with Crippen LogP contribution in [0.25, 0.3) is 11.1 Å². The van der Waals surface area contributed by atoms with Crippen molar-refractivity contribution in [3.05, 3.63) is 105 Å². The van der Waals surface area contributed by atoms with Gasteiger partial charge in [-0.3, -0.25) is 4.79 Å². The van der Waals surface area contributed by atoms with E-state index in [0.717, 1.165) is 38.5 Å². The van der Waals surface area contributed by atoms with E-state index >= 15 is 0 Å². The number of nitrogens with zero attached hydrogens (tertiary/aromatic N) is 1. The van der Waals surface area contributed by atoms with Crippen molar-refractivity contribution in [3.63, 3.8) is 0 Å². The highest BCUT2D eigenvalue weighted by atomic mass is 35.5. The molecule has 39 heavy (non-hydrogen) atoms. The van der Waals surface area contributed by atoms with Crippen LogP contribution in [0.3, 0.4) is 0 Å². The SMILES string of the molecule is CCOC(=O)C1(NC(=O)Cc2ccc(OCc3csc(C)n3)cc2)Cc2ccc(-c3ccc(Cl)cc3)cc2C1. The summed E-state index contributed by atoms with van der Waals surface area (Å²) in [7, 11) is 0. The van der Waals surface area contributed by atoms with Crippen molar-refractivity contribution in [1.29, 1.82) is 0 Å². The number of carbonyl (C=O) groups is 2. The van der Waals surface area contributed by atoms with Crippen LogP contribution in [-0.2, 0) is 40.2 Å². The number of ether oxygens (including phenoxy) is 2. The second-order valence-corrected chi connectivity index (χ2v) is 11.2. The fourth-order valence-electron chi connectivity index (χ4n) is 4.88. The number of aromatic nitrogens is 1. The van der Waals surface area contributed by atoms with Crippen molar-refractivity contribution in [2.24, 2.45) is 0 Å². The van der Waals surface area contributed by atoms with Crippen molar-refractivity contribution >= 4 is 34.8 Å². The fraction of sp³-hybridized carbons (Fsp3) is 0.258. The standard InChI is InChI=1S/C31H29ClN2O4S/c1-3-37-30(36)31(16-24-7-6-23(15-25(24)17-31)22-8-10-26(32)11-9-22)34-29(35)14-21-4-12-28(13-5-21)38-18-27-19-39-20(2)33-27/h4-13,15,19H,3,14,16-18H2,1-2H3,(H,34,35). The second kappa shape index (κ2) is 11.6. The van der Waals surface area contributed by atoms with Crippen molar-refractivity contribution < 1.29 is 19.1 Å². The quantitative estimate of drug-likeness (QED) is 0.250. The topological polar surface area (TPSA) is 77.5 Å². The first-order chi connectivity index (χ1) is 18.8. The number of amides is 1. The number of aryl methyl sites for hydroxylation is 1. The highest BCUT2D eigenvalue weighted by Crippen LogP contribution is 2.35. The van der Waals surface area contributed by atoms with Crippen LogP contribution in [0.15, 0.2) is 72.1 Å². The molecule has 200 valence electrons. The third kappa shape index (κ3) is 6.32. The van der Waals surface area contributed by atoms with Crippen LogP contribution >= 0.6 is 22.9 Å². The van der Waals surface area contributed by atoms with E-state index in [1.165, 1.54) is 0 Å². The molecule has 0 saturated heterocycles. The van der Waals surface area contributed by atoms with Gasteiger partial charge in [0.25, 0.3) is 0 Å². The summed E-state index contributed by atoms with van der Waals surface area (Å²) in [5, 5.41) is 6.69. The molecule has 1 heterocycles. The molecule has 0 aliphatic heterocycles. The summed E-state index contributed by atoms with van der Waals surface area (Å²) in [6.07, 6.45) is 0.896. The van der Waals surface area contributed by atoms with E-state index < -0.39 is 11.5 Å². The second-order valence-electron chi connectivity index (χ2n) is 9.66. The van der Waals surface area contributed by atoms with Crippen LogP contribution in [0.2, 0.25) is 5.02 Å².